The number of phenolic OH excluding ortho intramolecular Hbond substituents is 2. The second-order valence-corrected chi connectivity index (χ2v) is 12.2. The molecule has 263 valence electrons. The number of carboxylic acids is 2. The molecule has 0 aliphatic carbocycles. The summed E-state index contributed by atoms with van der Waals surface area (Å²) in [4.78, 5) is 27.5. The van der Waals surface area contributed by atoms with Crippen molar-refractivity contribution in [2.75, 3.05) is 0 Å². The first-order valence-corrected chi connectivity index (χ1v) is 16.4. The largest absolute Gasteiger partial charge is 2.00 e. The molecule has 4 aromatic rings. The van der Waals surface area contributed by atoms with Gasteiger partial charge in [0.2, 0.25) is 0 Å². The van der Waals surface area contributed by atoms with Crippen LogP contribution in [-0.4, -0.2) is 34.6 Å². The third kappa shape index (κ3) is 13.5. The van der Waals surface area contributed by atoms with Crippen molar-refractivity contribution in [3.8, 4) is 11.5 Å². The molecule has 0 atom stereocenters. The van der Waals surface area contributed by atoms with E-state index in [-0.39, 0.29) is 40.1 Å². The van der Waals surface area contributed by atoms with Gasteiger partial charge in [0.1, 0.15) is 11.5 Å². The molecule has 8 nitrogen and oxygen atoms in total. The molecule has 0 spiro atoms. The Balaban J connectivity index is 0.00000120. The van der Waals surface area contributed by atoms with E-state index in [4.69, 9.17) is 29.8 Å². The number of aliphatic carboxylic acids is 2. The second-order valence-electron chi connectivity index (χ2n) is 12.2. The number of hydrogen-bond acceptors (Lipinski definition) is 8. The van der Waals surface area contributed by atoms with Gasteiger partial charge in [-0.15, -0.1) is 0 Å². The predicted octanol–water partition coefficient (Wildman–Crippen LogP) is 7.41. The van der Waals surface area contributed by atoms with E-state index in [9.17, 15) is 10.2 Å². The summed E-state index contributed by atoms with van der Waals surface area (Å²) in [7, 11) is 0. The molecule has 49 heavy (non-hydrogen) atoms. The summed E-state index contributed by atoms with van der Waals surface area (Å²) in [6.07, 6.45) is 7.47. The van der Waals surface area contributed by atoms with Gasteiger partial charge in [-0.2, -0.15) is 0 Å². The number of carboxylic acid groups (broad SMARTS) is 2. The molecule has 0 saturated carbocycles. The third-order valence-electron chi connectivity index (χ3n) is 7.31. The van der Waals surface area contributed by atoms with Crippen molar-refractivity contribution in [3.05, 3.63) is 94.0 Å². The number of aliphatic imine (C=N–C) groups is 2. The van der Waals surface area contributed by atoms with Crippen molar-refractivity contribution < 1.29 is 46.8 Å². The van der Waals surface area contributed by atoms with Crippen molar-refractivity contribution in [3.63, 3.8) is 0 Å². The molecule has 2 N–H and O–H groups in total. The average molecular weight is 712 g/mol. The normalized spacial score (nSPS) is 10.9. The van der Waals surface area contributed by atoms with Crippen LogP contribution in [-0.2, 0) is 39.2 Å². The first kappa shape index (κ1) is 42.5. The zero-order chi connectivity index (χ0) is 36.0. The summed E-state index contributed by atoms with van der Waals surface area (Å²) < 4.78 is 0. The molecule has 0 aliphatic heterocycles. The number of carbonyl (C=O) groups is 2. The van der Waals surface area contributed by atoms with Crippen molar-refractivity contribution >= 4 is 46.5 Å². The maximum Gasteiger partial charge on any atom is 2.00 e. The summed E-state index contributed by atoms with van der Waals surface area (Å²) in [6.45, 7) is 14.6. The number of benzene rings is 4. The van der Waals surface area contributed by atoms with Gasteiger partial charge >= 0.3 is 16.8 Å². The Bertz CT molecular complexity index is 1630. The Morgan fingerprint density at radius 2 is 1.00 bits per heavy atom. The molecule has 0 aromatic heterocycles. The Hall–Kier alpha value is -4.47. The van der Waals surface area contributed by atoms with Crippen LogP contribution in [0.5, 0.6) is 11.5 Å². The van der Waals surface area contributed by atoms with Gasteiger partial charge < -0.3 is 30.0 Å². The van der Waals surface area contributed by atoms with Gasteiger partial charge in [-0.05, 0) is 95.8 Å². The van der Waals surface area contributed by atoms with Crippen LogP contribution < -0.4 is 10.2 Å². The van der Waals surface area contributed by atoms with Gasteiger partial charge in [-0.25, -0.2) is 0 Å². The molecule has 1 radical (unpaired) electrons. The van der Waals surface area contributed by atoms with Gasteiger partial charge in [0.05, 0.1) is 11.4 Å². The van der Waals surface area contributed by atoms with Crippen LogP contribution in [0.3, 0.4) is 0 Å². The van der Waals surface area contributed by atoms with E-state index in [0.717, 1.165) is 61.4 Å². The third-order valence-corrected chi connectivity index (χ3v) is 7.31. The number of carbonyl (C=O) groups excluding carboxylic acids is 2. The van der Waals surface area contributed by atoms with Gasteiger partial charge in [0.25, 0.3) is 0 Å². The Kier molecular flexibility index (Phi) is 18.1. The van der Waals surface area contributed by atoms with Crippen LogP contribution in [0.4, 0.5) is 11.4 Å². The molecule has 0 amide bonds. The number of rotatable bonds is 10. The fourth-order valence-electron chi connectivity index (χ4n) is 5.13. The van der Waals surface area contributed by atoms with E-state index < -0.39 is 11.9 Å². The molecule has 0 bridgehead atoms. The predicted molar refractivity (Wildman–Crippen MR) is 192 cm³/mol. The minimum Gasteiger partial charge on any atom is -0.550 e. The standard InChI is InChI=1S/C36H42N2O2.2C2H4O2.Co/c1-7-11-25-15-29(35(39)31(17-25)23(3)4)21-37-33-19-27-13-9-10-14-28(27)20-34(33)38-22-30-16-26(12-8-2)18-32(24(5)6)36(30)40;2*1-2(3)4;/h9-10,13-24,39-40H,7-8,11-12H2,1-6H3;2*1H3,(H,3,4);/q;;;+2/p-2. The molecular formula is C40H48CoN2O6. The van der Waals surface area contributed by atoms with Gasteiger partial charge in [-0.1, -0.05) is 90.8 Å². The van der Waals surface area contributed by atoms with Crippen molar-refractivity contribution in [2.45, 2.75) is 92.9 Å². The number of nitrogens with zero attached hydrogens (tertiary/aromatic N) is 2. The van der Waals surface area contributed by atoms with Crippen molar-refractivity contribution in [1.29, 1.82) is 0 Å². The van der Waals surface area contributed by atoms with Crippen LogP contribution in [0.15, 0.2) is 70.6 Å². The van der Waals surface area contributed by atoms with E-state index >= 15 is 0 Å². The number of hydrogen-bond donors (Lipinski definition) is 2. The molecule has 0 aliphatic rings. The summed E-state index contributed by atoms with van der Waals surface area (Å²) in [6, 6.07) is 20.5. The van der Waals surface area contributed by atoms with Crippen LogP contribution in [0.2, 0.25) is 0 Å². The van der Waals surface area contributed by atoms with Gasteiger partial charge in [-0.3, -0.25) is 9.98 Å². The van der Waals surface area contributed by atoms with Crippen LogP contribution in [0.1, 0.15) is 113 Å². The zero-order valence-corrected chi connectivity index (χ0v) is 30.7. The molecular weight excluding hydrogens is 663 g/mol. The SMILES string of the molecule is CC(=O)[O-].CC(=O)[O-].CCCc1cc(C=Nc2cc3ccccc3cc2N=Cc2cc(CCC)cc(C(C)C)c2O)c(O)c(C(C)C)c1.[Co+2]. The van der Waals surface area contributed by atoms with Gasteiger partial charge in [0.15, 0.2) is 0 Å². The first-order valence-electron chi connectivity index (χ1n) is 16.4. The van der Waals surface area contributed by atoms with Gasteiger partial charge in [0, 0.05) is 35.5 Å². The minimum absolute atomic E-state index is 0. The monoisotopic (exact) mass is 711 g/mol. The average Bonchev–Trinajstić information content (AvgIpc) is 3.00. The van der Waals surface area contributed by atoms with E-state index in [1.807, 2.05) is 36.4 Å². The quantitative estimate of drug-likeness (QED) is 0.164. The van der Waals surface area contributed by atoms with Crippen LogP contribution in [0.25, 0.3) is 10.8 Å². The maximum absolute atomic E-state index is 11.0. The molecule has 0 unspecified atom stereocenters. The van der Waals surface area contributed by atoms with Crippen molar-refractivity contribution in [2.24, 2.45) is 9.98 Å². The molecule has 0 heterocycles. The fourth-order valence-corrected chi connectivity index (χ4v) is 5.13. The molecule has 0 fully saturated rings. The van der Waals surface area contributed by atoms with E-state index in [0.29, 0.717) is 22.5 Å². The summed E-state index contributed by atoms with van der Waals surface area (Å²) in [5.74, 6) is -1.19. The second kappa shape index (κ2) is 20.8. The zero-order valence-electron chi connectivity index (χ0n) is 29.7. The number of aryl methyl sites for hydroxylation is 2. The Morgan fingerprint density at radius 1 is 0.673 bits per heavy atom. The maximum atomic E-state index is 11.0. The molecule has 9 heteroatoms. The molecule has 4 aromatic carbocycles. The van der Waals surface area contributed by atoms with Crippen LogP contribution in [0, 0.1) is 0 Å². The summed E-state index contributed by atoms with van der Waals surface area (Å²) >= 11 is 0. The number of aromatic hydroxyl groups is 2. The minimum atomic E-state index is -1.08. The van der Waals surface area contributed by atoms with Crippen LogP contribution >= 0.6 is 0 Å². The molecule has 0 saturated heterocycles. The summed E-state index contributed by atoms with van der Waals surface area (Å²) in [5, 5.41) is 42.0. The Morgan fingerprint density at radius 3 is 1.29 bits per heavy atom. The first-order chi connectivity index (χ1) is 22.7. The summed E-state index contributed by atoms with van der Waals surface area (Å²) in [5.41, 5.74) is 7.11. The van der Waals surface area contributed by atoms with Crippen molar-refractivity contribution in [1.82, 2.24) is 0 Å². The number of fused-ring (bicyclic) bond motifs is 1. The molecule has 4 rings (SSSR count). The van der Waals surface area contributed by atoms with E-state index in [1.54, 1.807) is 12.4 Å². The Labute approximate surface area is 300 Å². The topological polar surface area (TPSA) is 145 Å². The van der Waals surface area contributed by atoms with E-state index in [2.05, 4.69) is 65.8 Å². The smallest absolute Gasteiger partial charge is 0.550 e. The van der Waals surface area contributed by atoms with E-state index in [1.165, 1.54) is 11.1 Å². The number of phenols is 2. The fraction of sp³-hybridized carbons (Fsp3) is 0.350.